The Labute approximate surface area is 73.1 Å². The van der Waals surface area contributed by atoms with Gasteiger partial charge in [-0.05, 0) is 25.2 Å². The summed E-state index contributed by atoms with van der Waals surface area (Å²) in [4.78, 5) is 0. The summed E-state index contributed by atoms with van der Waals surface area (Å²) in [6.07, 6.45) is 2.74. The van der Waals surface area contributed by atoms with Crippen LogP contribution >= 0.6 is 0 Å². The molecule has 0 spiro atoms. The summed E-state index contributed by atoms with van der Waals surface area (Å²) in [5, 5.41) is 4.88. The van der Waals surface area contributed by atoms with Crippen molar-refractivity contribution < 1.29 is 13.2 Å². The van der Waals surface area contributed by atoms with Gasteiger partial charge in [0, 0.05) is 13.2 Å². The molecule has 0 saturated carbocycles. The lowest BCUT2D eigenvalue weighted by atomic mass is 10.00. The molecule has 0 radical (unpaired) electrons. The first-order chi connectivity index (χ1) is 5.58. The molecule has 1 rings (SSSR count). The number of ether oxygens (including phenoxy) is 1. The average molecular weight is 193 g/mol. The minimum absolute atomic E-state index is 0.0844. The molecule has 5 heteroatoms. The molecule has 12 heavy (non-hydrogen) atoms. The molecule has 72 valence electrons. The van der Waals surface area contributed by atoms with E-state index in [0.29, 0.717) is 18.9 Å². The Kier molecular flexibility index (Phi) is 3.49. The van der Waals surface area contributed by atoms with Crippen LogP contribution in [0.15, 0.2) is 0 Å². The van der Waals surface area contributed by atoms with Gasteiger partial charge in [0.05, 0.1) is 5.75 Å². The van der Waals surface area contributed by atoms with E-state index >= 15 is 0 Å². The van der Waals surface area contributed by atoms with Crippen molar-refractivity contribution in [1.82, 2.24) is 0 Å². The van der Waals surface area contributed by atoms with Crippen molar-refractivity contribution in [2.75, 3.05) is 19.0 Å². The summed E-state index contributed by atoms with van der Waals surface area (Å²) in [6, 6.07) is 0. The van der Waals surface area contributed by atoms with E-state index in [-0.39, 0.29) is 5.75 Å². The zero-order chi connectivity index (χ0) is 9.03. The maximum absolute atomic E-state index is 10.6. The number of hydrogen-bond acceptors (Lipinski definition) is 3. The molecule has 0 aromatic heterocycles. The second-order valence-electron chi connectivity index (χ2n) is 3.24. The summed E-state index contributed by atoms with van der Waals surface area (Å²) in [7, 11) is -3.28. The molecule has 1 unspecified atom stereocenters. The van der Waals surface area contributed by atoms with Crippen molar-refractivity contribution in [1.29, 1.82) is 0 Å². The van der Waals surface area contributed by atoms with Crippen LogP contribution in [0, 0.1) is 5.92 Å². The lowest BCUT2D eigenvalue weighted by Gasteiger charge is -2.21. The van der Waals surface area contributed by atoms with Crippen LogP contribution in [0.4, 0.5) is 0 Å². The van der Waals surface area contributed by atoms with Crippen molar-refractivity contribution in [3.63, 3.8) is 0 Å². The van der Waals surface area contributed by atoms with Crippen LogP contribution < -0.4 is 5.14 Å². The lowest BCUT2D eigenvalue weighted by molar-refractivity contribution is 0.0538. The Bertz CT molecular complexity index is 219. The van der Waals surface area contributed by atoms with Gasteiger partial charge in [0.1, 0.15) is 0 Å². The Morgan fingerprint density at radius 2 is 2.25 bits per heavy atom. The van der Waals surface area contributed by atoms with Gasteiger partial charge in [0.2, 0.25) is 10.0 Å². The van der Waals surface area contributed by atoms with Crippen LogP contribution in [0.25, 0.3) is 0 Å². The maximum Gasteiger partial charge on any atom is 0.209 e. The molecule has 4 nitrogen and oxygen atoms in total. The second kappa shape index (κ2) is 4.20. The van der Waals surface area contributed by atoms with E-state index in [4.69, 9.17) is 9.88 Å². The number of sulfonamides is 1. The van der Waals surface area contributed by atoms with Crippen LogP contribution in [-0.2, 0) is 14.8 Å². The molecule has 1 atom stereocenters. The summed E-state index contributed by atoms with van der Waals surface area (Å²) in [5.41, 5.74) is 0. The molecule has 1 saturated heterocycles. The highest BCUT2D eigenvalue weighted by molar-refractivity contribution is 7.89. The van der Waals surface area contributed by atoms with E-state index in [9.17, 15) is 8.42 Å². The van der Waals surface area contributed by atoms with E-state index in [2.05, 4.69) is 0 Å². The third-order valence-corrected chi connectivity index (χ3v) is 2.87. The molecule has 1 aliphatic rings. The number of rotatable bonds is 3. The highest BCUT2D eigenvalue weighted by Gasteiger charge is 2.15. The van der Waals surface area contributed by atoms with E-state index in [0.717, 1.165) is 19.4 Å². The van der Waals surface area contributed by atoms with Gasteiger partial charge < -0.3 is 4.74 Å². The molecular weight excluding hydrogens is 178 g/mol. The van der Waals surface area contributed by atoms with Gasteiger partial charge in [-0.3, -0.25) is 0 Å². The second-order valence-corrected chi connectivity index (χ2v) is 4.97. The molecule has 0 aromatic carbocycles. The summed E-state index contributed by atoms with van der Waals surface area (Å²) < 4.78 is 26.4. The van der Waals surface area contributed by atoms with Crippen molar-refractivity contribution in [2.24, 2.45) is 11.1 Å². The number of primary sulfonamides is 1. The van der Waals surface area contributed by atoms with Gasteiger partial charge in [-0.1, -0.05) is 0 Å². The van der Waals surface area contributed by atoms with E-state index in [1.165, 1.54) is 0 Å². The first kappa shape index (κ1) is 9.95. The summed E-state index contributed by atoms with van der Waals surface area (Å²) in [6.45, 7) is 1.50. The van der Waals surface area contributed by atoms with E-state index < -0.39 is 10.0 Å². The van der Waals surface area contributed by atoms with Crippen molar-refractivity contribution >= 4 is 10.0 Å². The fraction of sp³-hybridized carbons (Fsp3) is 1.00. The monoisotopic (exact) mass is 193 g/mol. The fourth-order valence-corrected chi connectivity index (χ4v) is 2.03. The van der Waals surface area contributed by atoms with Crippen LogP contribution in [0.1, 0.15) is 19.3 Å². The molecule has 1 heterocycles. The van der Waals surface area contributed by atoms with Crippen LogP contribution in [0.3, 0.4) is 0 Å². The number of nitrogens with two attached hydrogens (primary N) is 1. The molecule has 2 N–H and O–H groups in total. The molecule has 0 aromatic rings. The normalized spacial score (nSPS) is 25.6. The number of hydrogen-bond donors (Lipinski definition) is 1. The van der Waals surface area contributed by atoms with Gasteiger partial charge in [-0.15, -0.1) is 0 Å². The quantitative estimate of drug-likeness (QED) is 0.690. The molecule has 1 fully saturated rings. The third-order valence-electron chi connectivity index (χ3n) is 2.07. The van der Waals surface area contributed by atoms with Gasteiger partial charge in [0.25, 0.3) is 0 Å². The van der Waals surface area contributed by atoms with Crippen LogP contribution in [0.5, 0.6) is 0 Å². The summed E-state index contributed by atoms with van der Waals surface area (Å²) >= 11 is 0. The fourth-order valence-electron chi connectivity index (χ4n) is 1.37. The van der Waals surface area contributed by atoms with Gasteiger partial charge in [-0.2, -0.15) is 0 Å². The molecule has 1 aliphatic heterocycles. The predicted octanol–water partition coefficient (Wildman–Crippen LogP) is 0.0916. The highest BCUT2D eigenvalue weighted by Crippen LogP contribution is 2.17. The van der Waals surface area contributed by atoms with Gasteiger partial charge in [0.15, 0.2) is 0 Å². The summed E-state index contributed by atoms with van der Waals surface area (Å²) in [5.74, 6) is 0.471. The van der Waals surface area contributed by atoms with Crippen molar-refractivity contribution in [2.45, 2.75) is 19.3 Å². The molecule has 0 bridgehead atoms. The lowest BCUT2D eigenvalue weighted by Crippen LogP contribution is -2.23. The minimum Gasteiger partial charge on any atom is -0.381 e. The Morgan fingerprint density at radius 3 is 2.75 bits per heavy atom. The van der Waals surface area contributed by atoms with Crippen molar-refractivity contribution in [3.05, 3.63) is 0 Å². The molecule has 0 aliphatic carbocycles. The van der Waals surface area contributed by atoms with E-state index in [1.807, 2.05) is 0 Å². The van der Waals surface area contributed by atoms with Crippen LogP contribution in [-0.4, -0.2) is 27.4 Å². The Hall–Kier alpha value is -0.130. The topological polar surface area (TPSA) is 69.4 Å². The highest BCUT2D eigenvalue weighted by atomic mass is 32.2. The Balaban J connectivity index is 2.22. The van der Waals surface area contributed by atoms with Gasteiger partial charge in [-0.25, -0.2) is 13.6 Å². The minimum atomic E-state index is -3.28. The maximum atomic E-state index is 10.6. The van der Waals surface area contributed by atoms with Crippen molar-refractivity contribution in [3.8, 4) is 0 Å². The van der Waals surface area contributed by atoms with Gasteiger partial charge >= 0.3 is 0 Å². The third kappa shape index (κ3) is 4.04. The first-order valence-electron chi connectivity index (χ1n) is 4.16. The largest absolute Gasteiger partial charge is 0.381 e. The molecular formula is C7H15NO3S. The smallest absolute Gasteiger partial charge is 0.209 e. The van der Waals surface area contributed by atoms with Crippen LogP contribution in [0.2, 0.25) is 0 Å². The Morgan fingerprint density at radius 1 is 1.50 bits per heavy atom. The van der Waals surface area contributed by atoms with E-state index in [1.54, 1.807) is 0 Å². The zero-order valence-electron chi connectivity index (χ0n) is 7.03. The first-order valence-corrected chi connectivity index (χ1v) is 5.88. The average Bonchev–Trinajstić information content (AvgIpc) is 2.02. The standard InChI is InChI=1S/C7H15NO3S/c8-12(9,10)5-3-7-2-1-4-11-6-7/h7H,1-6H2,(H2,8,9,10). The predicted molar refractivity (Wildman–Crippen MR) is 46.1 cm³/mol. The molecule has 0 amide bonds. The zero-order valence-corrected chi connectivity index (χ0v) is 7.85. The SMILES string of the molecule is NS(=O)(=O)CCC1CCCOC1.